The number of aromatic nitrogens is 2. The molecule has 0 radical (unpaired) electrons. The molecule has 1 N–H and O–H groups in total. The first-order valence-electron chi connectivity index (χ1n) is 7.99. The van der Waals surface area contributed by atoms with E-state index in [1.807, 2.05) is 0 Å². The number of nitrogens with one attached hydrogen (secondary N) is 1. The van der Waals surface area contributed by atoms with Gasteiger partial charge in [0.1, 0.15) is 11.5 Å². The number of hydrogen-bond donors (Lipinski definition) is 1. The molecular weight excluding hydrogens is 314 g/mol. The fourth-order valence-corrected chi connectivity index (χ4v) is 3.66. The van der Waals surface area contributed by atoms with Crippen molar-refractivity contribution in [3.8, 4) is 11.3 Å². The minimum absolute atomic E-state index is 0.990. The summed E-state index contributed by atoms with van der Waals surface area (Å²) in [5.74, 6) is 1.02. The van der Waals surface area contributed by atoms with E-state index in [4.69, 9.17) is 4.98 Å². The normalized spacial score (nSPS) is 11.1. The van der Waals surface area contributed by atoms with Crippen LogP contribution in [0.2, 0.25) is 0 Å². The van der Waals surface area contributed by atoms with Crippen molar-refractivity contribution in [3.63, 3.8) is 0 Å². The van der Waals surface area contributed by atoms with Crippen LogP contribution in [0.5, 0.6) is 0 Å². The van der Waals surface area contributed by atoms with Crippen molar-refractivity contribution in [2.24, 2.45) is 0 Å². The first kappa shape index (κ1) is 15.0. The Hall–Kier alpha value is -2.59. The van der Waals surface area contributed by atoms with Gasteiger partial charge < -0.3 is 5.32 Å². The van der Waals surface area contributed by atoms with Gasteiger partial charge in [0, 0.05) is 22.8 Å². The fraction of sp³-hybridized carbons (Fsp3) is 0.150. The fourth-order valence-electron chi connectivity index (χ4n) is 2.95. The highest BCUT2D eigenvalue weighted by Crippen LogP contribution is 2.34. The minimum Gasteiger partial charge on any atom is -0.339 e. The Labute approximate surface area is 145 Å². The number of aryl methyl sites for hydroxylation is 3. The number of benzene rings is 2. The third-order valence-corrected chi connectivity index (χ3v) is 5.07. The summed E-state index contributed by atoms with van der Waals surface area (Å²) in [5, 5.41) is 5.71. The van der Waals surface area contributed by atoms with Crippen molar-refractivity contribution in [2.75, 3.05) is 5.32 Å². The number of rotatable bonds is 3. The van der Waals surface area contributed by atoms with E-state index in [1.165, 1.54) is 16.7 Å². The molecule has 0 aliphatic heterocycles. The van der Waals surface area contributed by atoms with Crippen LogP contribution in [0.4, 0.5) is 11.5 Å². The summed E-state index contributed by atoms with van der Waals surface area (Å²) in [6.45, 7) is 6.37. The molecule has 4 rings (SSSR count). The summed E-state index contributed by atoms with van der Waals surface area (Å²) in [6, 6.07) is 14.9. The molecule has 0 fully saturated rings. The first-order chi connectivity index (χ1) is 11.6. The van der Waals surface area contributed by atoms with Crippen molar-refractivity contribution in [1.82, 2.24) is 9.38 Å². The Morgan fingerprint density at radius 3 is 2.38 bits per heavy atom. The Morgan fingerprint density at radius 2 is 1.67 bits per heavy atom. The highest BCUT2D eigenvalue weighted by molar-refractivity contribution is 7.15. The van der Waals surface area contributed by atoms with Crippen LogP contribution in [0.3, 0.4) is 0 Å². The molecule has 24 heavy (non-hydrogen) atoms. The lowest BCUT2D eigenvalue weighted by Crippen LogP contribution is -2.00. The lowest BCUT2D eigenvalue weighted by Gasteiger charge is -2.13. The van der Waals surface area contributed by atoms with E-state index in [9.17, 15) is 0 Å². The van der Waals surface area contributed by atoms with Crippen LogP contribution >= 0.6 is 11.3 Å². The van der Waals surface area contributed by atoms with Crippen molar-refractivity contribution >= 4 is 27.8 Å². The molecule has 0 aliphatic rings. The summed E-state index contributed by atoms with van der Waals surface area (Å²) in [4.78, 5) is 5.85. The van der Waals surface area contributed by atoms with Gasteiger partial charge in [-0.25, -0.2) is 4.98 Å². The molecule has 0 spiro atoms. The third kappa shape index (κ3) is 2.49. The Balaban J connectivity index is 1.89. The summed E-state index contributed by atoms with van der Waals surface area (Å²) >= 11 is 1.65. The zero-order valence-electron chi connectivity index (χ0n) is 14.0. The third-order valence-electron chi connectivity index (χ3n) is 4.31. The molecular formula is C20H19N3S. The zero-order valence-corrected chi connectivity index (χ0v) is 14.8. The van der Waals surface area contributed by atoms with Crippen LogP contribution < -0.4 is 5.32 Å². The Bertz CT molecular complexity index is 989. The SMILES string of the molecule is Cc1ccc(-c2nc3sccn3c2Nc2c(C)cccc2C)cc1. The van der Waals surface area contributed by atoms with Crippen LogP contribution in [0.15, 0.2) is 54.0 Å². The van der Waals surface area contributed by atoms with Gasteiger partial charge in [-0.2, -0.15) is 0 Å². The van der Waals surface area contributed by atoms with E-state index < -0.39 is 0 Å². The molecule has 0 saturated heterocycles. The molecule has 4 heteroatoms. The van der Waals surface area contributed by atoms with Crippen molar-refractivity contribution in [1.29, 1.82) is 0 Å². The molecule has 0 unspecified atom stereocenters. The molecule has 0 atom stereocenters. The number of thiazole rings is 1. The number of para-hydroxylation sites is 1. The van der Waals surface area contributed by atoms with Gasteiger partial charge in [-0.05, 0) is 31.9 Å². The van der Waals surface area contributed by atoms with Gasteiger partial charge in [-0.3, -0.25) is 4.40 Å². The maximum Gasteiger partial charge on any atom is 0.195 e. The van der Waals surface area contributed by atoms with Gasteiger partial charge in [-0.1, -0.05) is 48.0 Å². The highest BCUT2D eigenvalue weighted by Gasteiger charge is 2.16. The van der Waals surface area contributed by atoms with Crippen molar-refractivity contribution in [3.05, 3.63) is 70.7 Å². The maximum atomic E-state index is 4.85. The molecule has 2 aromatic heterocycles. The van der Waals surface area contributed by atoms with Crippen LogP contribution in [0.1, 0.15) is 16.7 Å². The van der Waals surface area contributed by atoms with Gasteiger partial charge in [-0.15, -0.1) is 11.3 Å². The van der Waals surface area contributed by atoms with Crippen molar-refractivity contribution < 1.29 is 0 Å². The van der Waals surface area contributed by atoms with Gasteiger partial charge in [0.05, 0.1) is 0 Å². The number of nitrogens with zero attached hydrogens (tertiary/aromatic N) is 2. The van der Waals surface area contributed by atoms with E-state index in [2.05, 4.69) is 84.5 Å². The van der Waals surface area contributed by atoms with E-state index in [0.29, 0.717) is 0 Å². The molecule has 4 aromatic rings. The molecule has 3 nitrogen and oxygen atoms in total. The van der Waals surface area contributed by atoms with E-state index in [1.54, 1.807) is 11.3 Å². The summed E-state index contributed by atoms with van der Waals surface area (Å²) < 4.78 is 2.13. The van der Waals surface area contributed by atoms with Gasteiger partial charge >= 0.3 is 0 Å². The first-order valence-corrected chi connectivity index (χ1v) is 8.87. The van der Waals surface area contributed by atoms with Crippen LogP contribution in [-0.2, 0) is 0 Å². The molecule has 0 saturated carbocycles. The maximum absolute atomic E-state index is 4.85. The molecule has 0 amide bonds. The smallest absolute Gasteiger partial charge is 0.195 e. The molecule has 0 aliphatic carbocycles. The summed E-state index contributed by atoms with van der Waals surface area (Å²) in [6.07, 6.45) is 2.07. The topological polar surface area (TPSA) is 29.3 Å². The lowest BCUT2D eigenvalue weighted by atomic mass is 10.1. The number of imidazole rings is 1. The average Bonchev–Trinajstić information content (AvgIpc) is 3.14. The highest BCUT2D eigenvalue weighted by atomic mass is 32.1. The van der Waals surface area contributed by atoms with Gasteiger partial charge in [0.25, 0.3) is 0 Å². The molecule has 120 valence electrons. The second-order valence-electron chi connectivity index (χ2n) is 6.12. The van der Waals surface area contributed by atoms with Crippen LogP contribution in [-0.4, -0.2) is 9.38 Å². The largest absolute Gasteiger partial charge is 0.339 e. The number of hydrogen-bond acceptors (Lipinski definition) is 3. The lowest BCUT2D eigenvalue weighted by molar-refractivity contribution is 1.22. The standard InChI is InChI=1S/C20H19N3S/c1-13-7-9-16(10-8-13)18-19(23-11-12-24-20(23)22-18)21-17-14(2)5-4-6-15(17)3/h4-12,21H,1-3H3. The average molecular weight is 333 g/mol. The molecule has 2 aromatic carbocycles. The van der Waals surface area contributed by atoms with E-state index in [-0.39, 0.29) is 0 Å². The predicted molar refractivity (Wildman–Crippen MR) is 102 cm³/mol. The van der Waals surface area contributed by atoms with E-state index >= 15 is 0 Å². The molecule has 0 bridgehead atoms. The monoisotopic (exact) mass is 333 g/mol. The summed E-state index contributed by atoms with van der Waals surface area (Å²) in [5.41, 5.74) is 6.99. The van der Waals surface area contributed by atoms with Gasteiger partial charge in [0.2, 0.25) is 0 Å². The minimum atomic E-state index is 0.990. The molecule has 2 heterocycles. The summed E-state index contributed by atoms with van der Waals surface area (Å²) in [7, 11) is 0. The zero-order chi connectivity index (χ0) is 16.7. The quantitative estimate of drug-likeness (QED) is 0.518. The van der Waals surface area contributed by atoms with Crippen LogP contribution in [0.25, 0.3) is 16.2 Å². The number of fused-ring (bicyclic) bond motifs is 1. The van der Waals surface area contributed by atoms with Crippen molar-refractivity contribution in [2.45, 2.75) is 20.8 Å². The predicted octanol–water partition coefficient (Wildman–Crippen LogP) is 5.73. The Kier molecular flexibility index (Phi) is 3.62. The second kappa shape index (κ2) is 5.80. The van der Waals surface area contributed by atoms with E-state index in [0.717, 1.165) is 27.7 Å². The van der Waals surface area contributed by atoms with Crippen LogP contribution in [0, 0.1) is 20.8 Å². The Morgan fingerprint density at radius 1 is 0.958 bits per heavy atom. The van der Waals surface area contributed by atoms with Gasteiger partial charge in [0.15, 0.2) is 4.96 Å². The second-order valence-corrected chi connectivity index (χ2v) is 7.00. The number of anilines is 2.